The van der Waals surface area contributed by atoms with E-state index in [9.17, 15) is 9.59 Å². The average Bonchev–Trinajstić information content (AvgIpc) is 3.22. The summed E-state index contributed by atoms with van der Waals surface area (Å²) in [5.74, 6) is -0.334. The van der Waals surface area contributed by atoms with Crippen molar-refractivity contribution in [1.29, 1.82) is 0 Å². The predicted octanol–water partition coefficient (Wildman–Crippen LogP) is 5.56. The highest BCUT2D eigenvalue weighted by molar-refractivity contribution is 5.88. The first-order valence-electron chi connectivity index (χ1n) is 13.4. The number of hydrogen-bond acceptors (Lipinski definition) is 5. The highest BCUT2D eigenvalue weighted by Gasteiger charge is 2.44. The number of esters is 1. The number of rotatable bonds is 14. The van der Waals surface area contributed by atoms with Crippen molar-refractivity contribution in [3.63, 3.8) is 0 Å². The van der Waals surface area contributed by atoms with Crippen molar-refractivity contribution >= 4 is 11.9 Å². The van der Waals surface area contributed by atoms with Gasteiger partial charge in [0, 0.05) is 24.6 Å². The molecule has 1 amide bonds. The molecule has 0 spiro atoms. The maximum absolute atomic E-state index is 13.0. The van der Waals surface area contributed by atoms with Gasteiger partial charge in [-0.3, -0.25) is 9.59 Å². The minimum Gasteiger partial charge on any atom is -0.466 e. The van der Waals surface area contributed by atoms with Crippen molar-refractivity contribution in [3.8, 4) is 0 Å². The van der Waals surface area contributed by atoms with Gasteiger partial charge < -0.3 is 19.1 Å². The fraction of sp³-hybridized carbons (Fsp3) is 0.484. The Morgan fingerprint density at radius 2 is 1.43 bits per heavy atom. The molecular formula is C31H41NO5. The van der Waals surface area contributed by atoms with E-state index >= 15 is 0 Å². The molecule has 1 aliphatic rings. The number of amides is 1. The van der Waals surface area contributed by atoms with Crippen LogP contribution in [0.3, 0.4) is 0 Å². The van der Waals surface area contributed by atoms with Crippen molar-refractivity contribution in [2.75, 3.05) is 32.9 Å². The molecule has 1 fully saturated rings. The van der Waals surface area contributed by atoms with Crippen molar-refractivity contribution in [3.05, 3.63) is 83.4 Å². The lowest BCUT2D eigenvalue weighted by atomic mass is 9.86. The van der Waals surface area contributed by atoms with Crippen LogP contribution in [0.25, 0.3) is 0 Å². The average molecular weight is 508 g/mol. The zero-order chi connectivity index (χ0) is 26.5. The number of nitrogens with zero attached hydrogens (tertiary/aromatic N) is 1. The maximum Gasteiger partial charge on any atom is 0.306 e. The van der Waals surface area contributed by atoms with Crippen LogP contribution in [0, 0.1) is 11.3 Å². The van der Waals surface area contributed by atoms with E-state index in [2.05, 4.69) is 0 Å². The van der Waals surface area contributed by atoms with E-state index in [4.69, 9.17) is 14.2 Å². The second-order valence-corrected chi connectivity index (χ2v) is 9.77. The zero-order valence-electron chi connectivity index (χ0n) is 22.5. The van der Waals surface area contributed by atoms with Crippen molar-refractivity contribution in [2.24, 2.45) is 11.3 Å². The van der Waals surface area contributed by atoms with Gasteiger partial charge in [-0.05, 0) is 50.7 Å². The van der Waals surface area contributed by atoms with E-state index in [1.165, 1.54) is 0 Å². The number of carbonyl (C=O) groups excluding carboxylic acids is 2. The molecule has 2 aromatic carbocycles. The summed E-state index contributed by atoms with van der Waals surface area (Å²) < 4.78 is 17.7. The molecule has 2 aromatic rings. The van der Waals surface area contributed by atoms with Gasteiger partial charge >= 0.3 is 5.97 Å². The summed E-state index contributed by atoms with van der Waals surface area (Å²) in [7, 11) is 0. The molecule has 0 radical (unpaired) electrons. The van der Waals surface area contributed by atoms with Crippen LogP contribution < -0.4 is 0 Å². The van der Waals surface area contributed by atoms with Crippen LogP contribution in [0.5, 0.6) is 0 Å². The molecule has 0 aromatic heterocycles. The minimum atomic E-state index is -0.337. The molecule has 0 saturated heterocycles. The van der Waals surface area contributed by atoms with Gasteiger partial charge in [0.05, 0.1) is 39.5 Å². The van der Waals surface area contributed by atoms with Gasteiger partial charge in [0.2, 0.25) is 5.91 Å². The van der Waals surface area contributed by atoms with Crippen LogP contribution in [-0.4, -0.2) is 49.7 Å². The molecule has 0 heterocycles. The Kier molecular flexibility index (Phi) is 11.4. The molecule has 3 rings (SSSR count). The third-order valence-electron chi connectivity index (χ3n) is 6.92. The van der Waals surface area contributed by atoms with E-state index in [0.717, 1.165) is 16.7 Å². The first kappa shape index (κ1) is 28.6. The summed E-state index contributed by atoms with van der Waals surface area (Å²) in [6, 6.07) is 20.2. The molecule has 6 nitrogen and oxygen atoms in total. The number of likely N-dealkylation sites (N-methyl/N-ethyl adjacent to an activating group) is 1. The second-order valence-electron chi connectivity index (χ2n) is 9.77. The number of carbonyl (C=O) groups is 2. The lowest BCUT2D eigenvalue weighted by Crippen LogP contribution is -2.30. The summed E-state index contributed by atoms with van der Waals surface area (Å²) in [6.07, 6.45) is 3.35. The van der Waals surface area contributed by atoms with Crippen molar-refractivity contribution < 1.29 is 23.8 Å². The maximum atomic E-state index is 13.0. The van der Waals surface area contributed by atoms with E-state index in [1.54, 1.807) is 11.0 Å². The fourth-order valence-electron chi connectivity index (χ4n) is 5.06. The summed E-state index contributed by atoms with van der Waals surface area (Å²) in [5, 5.41) is 0. The molecule has 1 atom stereocenters. The van der Waals surface area contributed by atoms with Gasteiger partial charge in [-0.15, -0.1) is 0 Å². The minimum absolute atomic E-state index is 0.0138. The Balaban J connectivity index is 1.80. The number of benzene rings is 2. The van der Waals surface area contributed by atoms with Crippen LogP contribution >= 0.6 is 0 Å². The van der Waals surface area contributed by atoms with Crippen LogP contribution in [-0.2, 0) is 37.0 Å². The van der Waals surface area contributed by atoms with Gasteiger partial charge in [0.25, 0.3) is 0 Å². The molecule has 0 aliphatic heterocycles. The fourth-order valence-corrected chi connectivity index (χ4v) is 5.06. The van der Waals surface area contributed by atoms with Crippen LogP contribution in [0.4, 0.5) is 0 Å². The Labute approximate surface area is 221 Å². The Bertz CT molecular complexity index is 955. The Morgan fingerprint density at radius 1 is 0.892 bits per heavy atom. The highest BCUT2D eigenvalue weighted by atomic mass is 16.5. The molecule has 1 saturated carbocycles. The van der Waals surface area contributed by atoms with E-state index in [0.29, 0.717) is 59.0 Å². The van der Waals surface area contributed by atoms with Crippen LogP contribution in [0.15, 0.2) is 72.3 Å². The molecule has 37 heavy (non-hydrogen) atoms. The molecule has 1 aliphatic carbocycles. The molecule has 6 heteroatoms. The van der Waals surface area contributed by atoms with Gasteiger partial charge in [0.1, 0.15) is 0 Å². The monoisotopic (exact) mass is 507 g/mol. The van der Waals surface area contributed by atoms with E-state index in [-0.39, 0.29) is 29.6 Å². The largest absolute Gasteiger partial charge is 0.466 e. The highest BCUT2D eigenvalue weighted by Crippen LogP contribution is 2.48. The molecule has 0 bridgehead atoms. The summed E-state index contributed by atoms with van der Waals surface area (Å²) in [6.45, 7) is 9.36. The van der Waals surface area contributed by atoms with Gasteiger partial charge in [-0.2, -0.15) is 0 Å². The van der Waals surface area contributed by atoms with Gasteiger partial charge in [-0.25, -0.2) is 0 Å². The van der Waals surface area contributed by atoms with E-state index < -0.39 is 0 Å². The second kappa shape index (κ2) is 14.7. The lowest BCUT2D eigenvalue weighted by molar-refractivity contribution is -0.144. The Morgan fingerprint density at radius 3 is 1.92 bits per heavy atom. The standard InChI is InChI=1S/C31H41NO5/c1-4-32(5-2)29(33)17-27-19-31(20-28(27)18-30(34)37-6-3,23-35-21-25-13-9-7-10-14-25)24-36-22-26-15-11-8-12-16-26/h7-17,28H,4-6,18-24H2,1-3H3/b27-17+. The van der Waals surface area contributed by atoms with Crippen LogP contribution in [0.2, 0.25) is 0 Å². The normalized spacial score (nSPS) is 17.6. The Hall–Kier alpha value is -2.96. The third-order valence-corrected chi connectivity index (χ3v) is 6.92. The summed E-state index contributed by atoms with van der Waals surface area (Å²) in [4.78, 5) is 27.3. The summed E-state index contributed by atoms with van der Waals surface area (Å²) >= 11 is 0. The lowest BCUT2D eigenvalue weighted by Gasteiger charge is -2.29. The number of hydrogen-bond donors (Lipinski definition) is 0. The summed E-state index contributed by atoms with van der Waals surface area (Å²) in [5.41, 5.74) is 2.86. The molecule has 1 unspecified atom stereocenters. The molecule has 0 N–H and O–H groups in total. The first-order chi connectivity index (χ1) is 18.0. The van der Waals surface area contributed by atoms with Gasteiger partial charge in [0.15, 0.2) is 0 Å². The van der Waals surface area contributed by atoms with Crippen molar-refractivity contribution in [2.45, 2.75) is 53.2 Å². The quantitative estimate of drug-likeness (QED) is 0.247. The predicted molar refractivity (Wildman–Crippen MR) is 145 cm³/mol. The van der Waals surface area contributed by atoms with E-state index in [1.807, 2.05) is 81.4 Å². The number of allylic oxidation sites excluding steroid dienone is 1. The smallest absolute Gasteiger partial charge is 0.306 e. The zero-order valence-corrected chi connectivity index (χ0v) is 22.5. The molecule has 200 valence electrons. The topological polar surface area (TPSA) is 65.1 Å². The van der Waals surface area contributed by atoms with Crippen molar-refractivity contribution in [1.82, 2.24) is 4.90 Å². The first-order valence-corrected chi connectivity index (χ1v) is 13.4. The third kappa shape index (κ3) is 8.83. The van der Waals surface area contributed by atoms with Gasteiger partial charge in [-0.1, -0.05) is 66.2 Å². The number of ether oxygens (including phenoxy) is 3. The molecular weight excluding hydrogens is 466 g/mol. The van der Waals surface area contributed by atoms with Crippen LogP contribution in [0.1, 0.15) is 51.2 Å². The SMILES string of the molecule is CCOC(=O)CC1CC(COCc2ccccc2)(COCc2ccccc2)C/C1=C\C(=O)N(CC)CC.